The van der Waals surface area contributed by atoms with Gasteiger partial charge in [-0.05, 0) is 117 Å². The van der Waals surface area contributed by atoms with Gasteiger partial charge in [-0.25, -0.2) is 0 Å². The van der Waals surface area contributed by atoms with Crippen LogP contribution in [0.1, 0.15) is 0 Å². The predicted octanol–water partition coefficient (Wildman–Crippen LogP) is 9.07. The second kappa shape index (κ2) is 11.4. The van der Waals surface area contributed by atoms with Crippen molar-refractivity contribution in [2.24, 2.45) is 0 Å². The maximum absolute atomic E-state index is 9.57. The second-order valence-corrected chi connectivity index (χ2v) is 11.3. The average Bonchev–Trinajstić information content (AvgIpc) is 2.94. The molecule has 0 amide bonds. The maximum atomic E-state index is 9.57. The third-order valence-corrected chi connectivity index (χ3v) is 8.26. The van der Waals surface area contributed by atoms with Gasteiger partial charge in [0.05, 0.1) is 0 Å². The van der Waals surface area contributed by atoms with Crippen LogP contribution in [0.25, 0.3) is 32.9 Å². The Morgan fingerprint density at radius 1 is 0.450 bits per heavy atom. The molecule has 4 N–H and O–H groups in total. The normalized spacial score (nSPS) is 10.8. The molecule has 40 heavy (non-hydrogen) atoms. The van der Waals surface area contributed by atoms with Crippen molar-refractivity contribution in [3.8, 4) is 34.4 Å². The topological polar surface area (TPSA) is 90.8 Å². The smallest absolute Gasteiger partial charge is 0.118 e. The van der Waals surface area contributed by atoms with Gasteiger partial charge in [-0.15, -0.1) is 0 Å². The number of nitrogens with zero attached hydrogens (tertiary/aromatic N) is 2. The number of phenols is 4. The summed E-state index contributed by atoms with van der Waals surface area (Å²) in [5.74, 6) is 0.833. The fourth-order valence-electron chi connectivity index (χ4n) is 4.19. The van der Waals surface area contributed by atoms with Gasteiger partial charge in [-0.3, -0.25) is 0 Å². The van der Waals surface area contributed by atoms with Crippen LogP contribution in [0.5, 0.6) is 23.0 Å². The van der Waals surface area contributed by atoms with E-state index < -0.39 is 0 Å². The Morgan fingerprint density at radius 2 is 0.775 bits per heavy atom. The van der Waals surface area contributed by atoms with E-state index in [2.05, 4.69) is 31.9 Å². The molecule has 0 aliphatic heterocycles. The fourth-order valence-corrected chi connectivity index (χ4v) is 5.92. The molecule has 200 valence electrons. The van der Waals surface area contributed by atoms with Crippen molar-refractivity contribution in [1.29, 1.82) is 0 Å². The Kier molecular flexibility index (Phi) is 7.95. The highest BCUT2D eigenvalue weighted by Gasteiger charge is 2.08. The van der Waals surface area contributed by atoms with Crippen LogP contribution >= 0.6 is 56.3 Å². The minimum Gasteiger partial charge on any atom is -0.508 e. The molecule has 0 bridgehead atoms. The van der Waals surface area contributed by atoms with Crippen LogP contribution in [0, 0.1) is 9.28 Å². The van der Waals surface area contributed by atoms with E-state index in [4.69, 9.17) is 24.4 Å². The number of halogens is 2. The second-order valence-electron chi connectivity index (χ2n) is 8.80. The van der Waals surface area contributed by atoms with Crippen LogP contribution in [-0.4, -0.2) is 29.6 Å². The number of aromatic nitrogens is 2. The van der Waals surface area contributed by atoms with Crippen molar-refractivity contribution in [1.82, 2.24) is 9.13 Å². The van der Waals surface area contributed by atoms with Crippen molar-refractivity contribution in [3.05, 3.63) is 116 Å². The molecular formula is C30H20Br2N2O4S2. The molecule has 0 radical (unpaired) electrons. The van der Waals surface area contributed by atoms with Crippen LogP contribution < -0.4 is 0 Å². The predicted molar refractivity (Wildman–Crippen MR) is 170 cm³/mol. The quantitative estimate of drug-likeness (QED) is 0.135. The largest absolute Gasteiger partial charge is 0.508 e. The summed E-state index contributed by atoms with van der Waals surface area (Å²) in [6, 6.07) is 23.8. The number of benzene rings is 4. The van der Waals surface area contributed by atoms with Gasteiger partial charge >= 0.3 is 0 Å². The zero-order valence-corrected chi connectivity index (χ0v) is 25.3. The zero-order valence-electron chi connectivity index (χ0n) is 20.5. The Hall–Kier alpha value is -3.70. The number of pyridine rings is 2. The molecule has 4 aromatic carbocycles. The Labute approximate surface area is 255 Å². The van der Waals surface area contributed by atoms with E-state index in [1.807, 2.05) is 21.5 Å². The van der Waals surface area contributed by atoms with Gasteiger partial charge in [0.25, 0.3) is 0 Å². The van der Waals surface area contributed by atoms with Crippen molar-refractivity contribution in [3.63, 3.8) is 0 Å². The molecule has 0 unspecified atom stereocenters. The molecule has 2 heterocycles. The number of hydrogen-bond acceptors (Lipinski definition) is 6. The standard InChI is InChI=1S/2C15H10BrNO2S/c2*16-14-8-17(9-1-3-10(18)4-2-9)15(20)12-6-5-11(19)7-13(12)14/h2*1-8,18-19H. The van der Waals surface area contributed by atoms with E-state index in [0.29, 0.717) is 9.28 Å². The van der Waals surface area contributed by atoms with E-state index in [9.17, 15) is 20.4 Å². The maximum Gasteiger partial charge on any atom is 0.118 e. The highest BCUT2D eigenvalue weighted by Crippen LogP contribution is 2.31. The van der Waals surface area contributed by atoms with Crippen molar-refractivity contribution < 1.29 is 20.4 Å². The summed E-state index contributed by atoms with van der Waals surface area (Å²) in [4.78, 5) is 0. The third kappa shape index (κ3) is 5.62. The molecule has 2 aromatic heterocycles. The molecule has 0 spiro atoms. The van der Waals surface area contributed by atoms with Crippen molar-refractivity contribution in [2.75, 3.05) is 0 Å². The number of fused-ring (bicyclic) bond motifs is 2. The lowest BCUT2D eigenvalue weighted by Gasteiger charge is -2.11. The van der Waals surface area contributed by atoms with Gasteiger partial charge in [0, 0.05) is 54.3 Å². The van der Waals surface area contributed by atoms with Gasteiger partial charge < -0.3 is 29.6 Å². The summed E-state index contributed by atoms with van der Waals surface area (Å²) >= 11 is 18.0. The zero-order chi connectivity index (χ0) is 28.6. The van der Waals surface area contributed by atoms with Crippen LogP contribution in [0.3, 0.4) is 0 Å². The van der Waals surface area contributed by atoms with Crippen LogP contribution in [0.15, 0.2) is 106 Å². The first-order chi connectivity index (χ1) is 19.1. The molecule has 10 heteroatoms. The molecule has 0 saturated carbocycles. The van der Waals surface area contributed by atoms with Crippen molar-refractivity contribution in [2.45, 2.75) is 0 Å². The van der Waals surface area contributed by atoms with Crippen LogP contribution in [-0.2, 0) is 0 Å². The molecule has 0 fully saturated rings. The Balaban J connectivity index is 0.000000161. The van der Waals surface area contributed by atoms with E-state index in [0.717, 1.165) is 41.9 Å². The van der Waals surface area contributed by atoms with Gasteiger partial charge in [0.1, 0.15) is 32.3 Å². The molecule has 0 aliphatic carbocycles. The summed E-state index contributed by atoms with van der Waals surface area (Å²) < 4.78 is 6.69. The Bertz CT molecular complexity index is 1860. The highest BCUT2D eigenvalue weighted by molar-refractivity contribution is 9.11. The number of hydrogen-bond donors (Lipinski definition) is 4. The molecule has 0 atom stereocenters. The fraction of sp³-hybridized carbons (Fsp3) is 0. The minimum atomic E-state index is 0.204. The number of rotatable bonds is 2. The summed E-state index contributed by atoms with van der Waals surface area (Å²) in [6.07, 6.45) is 3.72. The van der Waals surface area contributed by atoms with Gasteiger partial charge in [0.2, 0.25) is 0 Å². The van der Waals surface area contributed by atoms with Gasteiger partial charge in [0.15, 0.2) is 0 Å². The summed E-state index contributed by atoms with van der Waals surface area (Å²) in [5, 5.41) is 41.3. The molecule has 6 aromatic rings. The molecule has 6 nitrogen and oxygen atoms in total. The lowest BCUT2D eigenvalue weighted by atomic mass is 10.1. The van der Waals surface area contributed by atoms with E-state index in [-0.39, 0.29) is 23.0 Å². The lowest BCUT2D eigenvalue weighted by Crippen LogP contribution is -1.97. The summed E-state index contributed by atoms with van der Waals surface area (Å²) in [5.41, 5.74) is 1.73. The van der Waals surface area contributed by atoms with Gasteiger partial charge in [-0.2, -0.15) is 0 Å². The average molecular weight is 696 g/mol. The number of aromatic hydroxyl groups is 4. The first-order valence-corrected chi connectivity index (χ1v) is 14.2. The molecule has 6 rings (SSSR count). The monoisotopic (exact) mass is 694 g/mol. The van der Waals surface area contributed by atoms with E-state index in [1.54, 1.807) is 84.9 Å². The van der Waals surface area contributed by atoms with Crippen LogP contribution in [0.4, 0.5) is 0 Å². The van der Waals surface area contributed by atoms with Gasteiger partial charge in [-0.1, -0.05) is 24.4 Å². The molecule has 0 aliphatic rings. The first-order valence-electron chi connectivity index (χ1n) is 11.8. The number of phenolic OH excluding ortho intramolecular Hbond substituents is 4. The first kappa shape index (κ1) is 27.9. The van der Waals surface area contributed by atoms with E-state index in [1.165, 1.54) is 0 Å². The van der Waals surface area contributed by atoms with Crippen molar-refractivity contribution >= 4 is 77.8 Å². The summed E-state index contributed by atoms with van der Waals surface area (Å²) in [6.45, 7) is 0. The lowest BCUT2D eigenvalue weighted by molar-refractivity contribution is 0.474. The van der Waals surface area contributed by atoms with Crippen LogP contribution in [0.2, 0.25) is 0 Å². The third-order valence-electron chi connectivity index (χ3n) is 6.16. The SMILES string of the molecule is Oc1ccc(-n2cc(Br)c3cc(O)ccc3c2=S)cc1.Oc1ccc(-n2cc(Br)c3cc(O)ccc3c2=S)cc1. The minimum absolute atomic E-state index is 0.204. The molecular weight excluding hydrogens is 676 g/mol. The van der Waals surface area contributed by atoms with E-state index >= 15 is 0 Å². The highest BCUT2D eigenvalue weighted by atomic mass is 79.9. The molecule has 0 saturated heterocycles. The summed E-state index contributed by atoms with van der Waals surface area (Å²) in [7, 11) is 0. The Morgan fingerprint density at radius 3 is 1.12 bits per heavy atom.